The lowest BCUT2D eigenvalue weighted by atomic mass is 9.90. The van der Waals surface area contributed by atoms with Crippen LogP contribution >= 0.6 is 11.6 Å². The number of carbonyl (C=O) groups excluding carboxylic acids is 1. The first kappa shape index (κ1) is 22.9. The summed E-state index contributed by atoms with van der Waals surface area (Å²) in [6.07, 6.45) is -2.29. The van der Waals surface area contributed by atoms with E-state index >= 15 is 0 Å². The number of halogens is 3. The summed E-state index contributed by atoms with van der Waals surface area (Å²) in [7, 11) is 1.58. The van der Waals surface area contributed by atoms with Gasteiger partial charge in [-0.15, -0.1) is 8.78 Å². The van der Waals surface area contributed by atoms with Crippen molar-refractivity contribution in [2.24, 2.45) is 0 Å². The van der Waals surface area contributed by atoms with Gasteiger partial charge in [-0.25, -0.2) is 0 Å². The minimum Gasteiger partial charge on any atom is -0.497 e. The standard InChI is InChI=1S/C27H22ClF2NO5/c1-33-18-7-8-19-20(14-22(34-23(19)13-18)15-2-5-17(28)6-3-15)31-25(32)26(10-11-26)16-4-9-21-24(12-16)36-27(29,30)35-21/h2-9,12-13,20,22H,10-11,14H2,1H3,(H,31,32). The van der Waals surface area contributed by atoms with Crippen LogP contribution in [0.15, 0.2) is 60.7 Å². The number of hydrogen-bond donors (Lipinski definition) is 1. The van der Waals surface area contributed by atoms with Crippen LogP contribution in [0.2, 0.25) is 5.02 Å². The Bertz CT molecular complexity index is 1340. The zero-order valence-electron chi connectivity index (χ0n) is 19.2. The average Bonchev–Trinajstić information content (AvgIpc) is 3.61. The molecule has 3 aromatic carbocycles. The molecule has 9 heteroatoms. The van der Waals surface area contributed by atoms with Crippen molar-refractivity contribution in [1.29, 1.82) is 0 Å². The van der Waals surface area contributed by atoms with E-state index in [0.29, 0.717) is 41.3 Å². The number of nitrogens with one attached hydrogen (secondary N) is 1. The third kappa shape index (κ3) is 3.99. The number of rotatable bonds is 5. The lowest BCUT2D eigenvalue weighted by Crippen LogP contribution is -2.39. The molecule has 6 nitrogen and oxygen atoms in total. The van der Waals surface area contributed by atoms with Gasteiger partial charge in [0.25, 0.3) is 0 Å². The Morgan fingerprint density at radius 3 is 2.47 bits per heavy atom. The number of benzene rings is 3. The van der Waals surface area contributed by atoms with Gasteiger partial charge in [0, 0.05) is 23.1 Å². The molecule has 2 heterocycles. The average molecular weight is 514 g/mol. The van der Waals surface area contributed by atoms with Crippen LogP contribution in [0.4, 0.5) is 8.78 Å². The van der Waals surface area contributed by atoms with Crippen LogP contribution in [0, 0.1) is 0 Å². The van der Waals surface area contributed by atoms with Gasteiger partial charge in [0.1, 0.15) is 17.6 Å². The smallest absolute Gasteiger partial charge is 0.497 e. The number of carbonyl (C=O) groups is 1. The highest BCUT2D eigenvalue weighted by atomic mass is 35.5. The third-order valence-electron chi connectivity index (χ3n) is 7.00. The fourth-order valence-corrected chi connectivity index (χ4v) is 5.03. The Morgan fingerprint density at radius 1 is 1.00 bits per heavy atom. The Labute approximate surface area is 211 Å². The second-order valence-corrected chi connectivity index (χ2v) is 9.67. The van der Waals surface area contributed by atoms with Crippen molar-refractivity contribution >= 4 is 17.5 Å². The second-order valence-electron chi connectivity index (χ2n) is 9.23. The van der Waals surface area contributed by atoms with E-state index in [-0.39, 0.29) is 29.6 Å². The SMILES string of the molecule is COc1ccc2c(c1)OC(c1ccc(Cl)cc1)CC2NC(=O)C1(c2ccc3c(c2)OC(F)(F)O3)CC1. The van der Waals surface area contributed by atoms with E-state index in [1.807, 2.05) is 30.3 Å². The third-order valence-corrected chi connectivity index (χ3v) is 7.25. The van der Waals surface area contributed by atoms with Crippen LogP contribution in [0.5, 0.6) is 23.0 Å². The van der Waals surface area contributed by atoms with Crippen molar-refractivity contribution in [1.82, 2.24) is 5.32 Å². The normalized spacial score (nSPS) is 22.2. The zero-order valence-corrected chi connectivity index (χ0v) is 20.0. The molecular formula is C27H22ClF2NO5. The van der Waals surface area contributed by atoms with E-state index in [4.69, 9.17) is 21.1 Å². The van der Waals surface area contributed by atoms with E-state index in [1.54, 1.807) is 25.3 Å². The van der Waals surface area contributed by atoms with Crippen LogP contribution in [0.3, 0.4) is 0 Å². The molecule has 36 heavy (non-hydrogen) atoms. The highest BCUT2D eigenvalue weighted by Crippen LogP contribution is 2.53. The lowest BCUT2D eigenvalue weighted by Gasteiger charge is -2.34. The number of ether oxygens (including phenoxy) is 4. The number of alkyl halides is 2. The molecule has 1 saturated carbocycles. The molecule has 3 aliphatic rings. The first-order chi connectivity index (χ1) is 17.3. The summed E-state index contributed by atoms with van der Waals surface area (Å²) >= 11 is 6.06. The maximum atomic E-state index is 13.6. The quantitative estimate of drug-likeness (QED) is 0.447. The number of hydrogen-bond acceptors (Lipinski definition) is 5. The Morgan fingerprint density at radius 2 is 1.75 bits per heavy atom. The Kier molecular flexibility index (Phi) is 5.26. The molecule has 2 atom stereocenters. The van der Waals surface area contributed by atoms with Gasteiger partial charge < -0.3 is 24.3 Å². The monoisotopic (exact) mass is 513 g/mol. The summed E-state index contributed by atoms with van der Waals surface area (Å²) in [6, 6.07) is 17.2. The fraction of sp³-hybridized carbons (Fsp3) is 0.296. The zero-order chi connectivity index (χ0) is 25.1. The van der Waals surface area contributed by atoms with E-state index in [9.17, 15) is 13.6 Å². The number of methoxy groups -OCH3 is 1. The highest BCUT2D eigenvalue weighted by Gasteiger charge is 2.53. The van der Waals surface area contributed by atoms with Gasteiger partial charge in [-0.3, -0.25) is 4.79 Å². The minimum atomic E-state index is -3.70. The van der Waals surface area contributed by atoms with Gasteiger partial charge in [-0.1, -0.05) is 29.8 Å². The van der Waals surface area contributed by atoms with E-state index < -0.39 is 11.7 Å². The second kappa shape index (κ2) is 8.27. The maximum Gasteiger partial charge on any atom is 0.586 e. The summed E-state index contributed by atoms with van der Waals surface area (Å²) in [5.74, 6) is 0.991. The van der Waals surface area contributed by atoms with Crippen molar-refractivity contribution in [3.63, 3.8) is 0 Å². The van der Waals surface area contributed by atoms with E-state index in [0.717, 1.165) is 11.1 Å². The van der Waals surface area contributed by atoms with E-state index in [2.05, 4.69) is 14.8 Å². The van der Waals surface area contributed by atoms with Crippen molar-refractivity contribution in [3.8, 4) is 23.0 Å². The molecule has 1 amide bonds. The molecule has 0 aromatic heterocycles. The molecule has 2 aliphatic heterocycles. The Balaban J connectivity index is 1.28. The summed E-state index contributed by atoms with van der Waals surface area (Å²) in [6.45, 7) is 0. The van der Waals surface area contributed by atoms with Crippen LogP contribution in [-0.2, 0) is 10.2 Å². The maximum absolute atomic E-state index is 13.6. The molecule has 186 valence electrons. The summed E-state index contributed by atoms with van der Waals surface area (Å²) in [5, 5.41) is 3.83. The van der Waals surface area contributed by atoms with E-state index in [1.165, 1.54) is 12.1 Å². The van der Waals surface area contributed by atoms with Gasteiger partial charge >= 0.3 is 6.29 Å². The first-order valence-corrected chi connectivity index (χ1v) is 12.0. The largest absolute Gasteiger partial charge is 0.586 e. The van der Waals surface area contributed by atoms with Gasteiger partial charge in [0.05, 0.1) is 18.6 Å². The van der Waals surface area contributed by atoms with Gasteiger partial charge in [-0.2, -0.15) is 0 Å². The van der Waals surface area contributed by atoms with Crippen molar-refractivity contribution in [2.45, 2.75) is 43.1 Å². The summed E-state index contributed by atoms with van der Waals surface area (Å²) in [5.41, 5.74) is 1.59. The minimum absolute atomic E-state index is 0.0435. The van der Waals surface area contributed by atoms with Crippen molar-refractivity contribution in [2.75, 3.05) is 7.11 Å². The van der Waals surface area contributed by atoms with Crippen LogP contribution in [-0.4, -0.2) is 19.3 Å². The molecule has 0 radical (unpaired) electrons. The topological polar surface area (TPSA) is 66.0 Å². The molecule has 0 saturated heterocycles. The molecule has 0 bridgehead atoms. The summed E-state index contributed by atoms with van der Waals surface area (Å²) < 4.78 is 47.7. The predicted octanol–water partition coefficient (Wildman–Crippen LogP) is 6.08. The highest BCUT2D eigenvalue weighted by molar-refractivity contribution is 6.30. The van der Waals surface area contributed by atoms with Crippen LogP contribution in [0.1, 0.15) is 48.1 Å². The van der Waals surface area contributed by atoms with Gasteiger partial charge in [0.2, 0.25) is 5.91 Å². The number of amides is 1. The molecule has 1 N–H and O–H groups in total. The van der Waals surface area contributed by atoms with Crippen molar-refractivity contribution in [3.05, 3.63) is 82.4 Å². The van der Waals surface area contributed by atoms with Gasteiger partial charge in [-0.05, 0) is 60.4 Å². The summed E-state index contributed by atoms with van der Waals surface area (Å²) in [4.78, 5) is 13.6. The lowest BCUT2D eigenvalue weighted by molar-refractivity contribution is -0.286. The molecular weight excluding hydrogens is 492 g/mol. The van der Waals surface area contributed by atoms with Gasteiger partial charge in [0.15, 0.2) is 11.5 Å². The van der Waals surface area contributed by atoms with Crippen LogP contribution < -0.4 is 24.3 Å². The molecule has 6 rings (SSSR count). The molecule has 0 spiro atoms. The predicted molar refractivity (Wildman–Crippen MR) is 127 cm³/mol. The molecule has 2 unspecified atom stereocenters. The van der Waals surface area contributed by atoms with Crippen LogP contribution in [0.25, 0.3) is 0 Å². The molecule has 1 aliphatic carbocycles. The fourth-order valence-electron chi connectivity index (χ4n) is 4.91. The molecule has 3 aromatic rings. The number of fused-ring (bicyclic) bond motifs is 2. The molecule has 1 fully saturated rings. The Hall–Kier alpha value is -3.52. The van der Waals surface area contributed by atoms with Crippen molar-refractivity contribution < 1.29 is 32.5 Å². The first-order valence-electron chi connectivity index (χ1n) is 11.6.